The monoisotopic (exact) mass is 281 g/mol. The van der Waals surface area contributed by atoms with Crippen molar-refractivity contribution < 1.29 is 9.59 Å². The van der Waals surface area contributed by atoms with Gasteiger partial charge in [-0.2, -0.15) is 0 Å². The minimum Gasteiger partial charge on any atom is -0.352 e. The summed E-state index contributed by atoms with van der Waals surface area (Å²) in [6.45, 7) is 9.06. The van der Waals surface area contributed by atoms with Crippen LogP contribution in [0.25, 0.3) is 0 Å². The molecule has 0 radical (unpaired) electrons. The van der Waals surface area contributed by atoms with E-state index >= 15 is 0 Å². The molecule has 0 bridgehead atoms. The largest absolute Gasteiger partial charge is 0.352 e. The fourth-order valence-electron chi connectivity index (χ4n) is 2.53. The smallest absolute Gasteiger partial charge is 0.237 e. The molecule has 2 aliphatic rings. The van der Waals surface area contributed by atoms with Crippen molar-refractivity contribution in [2.75, 3.05) is 26.2 Å². The predicted molar refractivity (Wildman–Crippen MR) is 78.2 cm³/mol. The molecule has 5 heteroatoms. The Balaban J connectivity index is 1.78. The van der Waals surface area contributed by atoms with Crippen LogP contribution >= 0.6 is 0 Å². The van der Waals surface area contributed by atoms with E-state index in [0.29, 0.717) is 6.04 Å². The van der Waals surface area contributed by atoms with Gasteiger partial charge in [-0.3, -0.25) is 14.5 Å². The van der Waals surface area contributed by atoms with Crippen LogP contribution in [-0.2, 0) is 9.59 Å². The molecular formula is C15H27N3O2. The summed E-state index contributed by atoms with van der Waals surface area (Å²) < 4.78 is 0. The summed E-state index contributed by atoms with van der Waals surface area (Å²) in [5.41, 5.74) is 0. The lowest BCUT2D eigenvalue weighted by atomic mass is 10.1. The predicted octanol–water partition coefficient (Wildman–Crippen LogP) is 0.844. The normalized spacial score (nSPS) is 23.2. The van der Waals surface area contributed by atoms with Crippen molar-refractivity contribution in [3.63, 3.8) is 0 Å². The van der Waals surface area contributed by atoms with Gasteiger partial charge in [0.25, 0.3) is 0 Å². The molecule has 2 amide bonds. The Labute approximate surface area is 121 Å². The molecule has 1 heterocycles. The summed E-state index contributed by atoms with van der Waals surface area (Å²) in [6, 6.07) is 0.328. The zero-order valence-corrected chi connectivity index (χ0v) is 12.9. The quantitative estimate of drug-likeness (QED) is 0.812. The molecule has 1 aliphatic heterocycles. The lowest BCUT2D eigenvalue weighted by molar-refractivity contribution is -0.137. The van der Waals surface area contributed by atoms with Gasteiger partial charge in [0.05, 0.1) is 6.04 Å². The average Bonchev–Trinajstić information content (AvgIpc) is 3.28. The zero-order chi connectivity index (χ0) is 14.7. The minimum atomic E-state index is -0.0866. The van der Waals surface area contributed by atoms with Gasteiger partial charge in [-0.05, 0) is 26.2 Å². The molecule has 5 nitrogen and oxygen atoms in total. The van der Waals surface area contributed by atoms with Crippen molar-refractivity contribution in [1.82, 2.24) is 15.1 Å². The van der Waals surface area contributed by atoms with Crippen LogP contribution in [0.3, 0.4) is 0 Å². The number of nitrogens with one attached hydrogen (secondary N) is 1. The summed E-state index contributed by atoms with van der Waals surface area (Å²) >= 11 is 0. The summed E-state index contributed by atoms with van der Waals surface area (Å²) in [7, 11) is 0. The highest BCUT2D eigenvalue weighted by atomic mass is 16.2. The molecule has 1 saturated carbocycles. The Morgan fingerprint density at radius 3 is 2.25 bits per heavy atom. The maximum absolute atomic E-state index is 12.1. The van der Waals surface area contributed by atoms with Crippen LogP contribution in [0.15, 0.2) is 0 Å². The zero-order valence-electron chi connectivity index (χ0n) is 12.9. The van der Waals surface area contributed by atoms with Crippen molar-refractivity contribution in [3.05, 3.63) is 0 Å². The summed E-state index contributed by atoms with van der Waals surface area (Å²) in [5.74, 6) is 0.494. The highest BCUT2D eigenvalue weighted by Gasteiger charge is 2.31. The van der Waals surface area contributed by atoms with Crippen LogP contribution in [0.5, 0.6) is 0 Å². The van der Waals surface area contributed by atoms with Crippen LogP contribution in [0.2, 0.25) is 0 Å². The van der Waals surface area contributed by atoms with E-state index in [0.717, 1.165) is 45.4 Å². The third-order valence-electron chi connectivity index (χ3n) is 4.51. The topological polar surface area (TPSA) is 52.7 Å². The summed E-state index contributed by atoms with van der Waals surface area (Å²) in [5, 5.41) is 3.05. The van der Waals surface area contributed by atoms with Gasteiger partial charge < -0.3 is 10.2 Å². The van der Waals surface area contributed by atoms with E-state index in [1.807, 2.05) is 25.7 Å². The summed E-state index contributed by atoms with van der Waals surface area (Å²) in [6.07, 6.45) is 3.13. The van der Waals surface area contributed by atoms with Gasteiger partial charge in [-0.25, -0.2) is 0 Å². The molecule has 0 aromatic carbocycles. The molecule has 1 saturated heterocycles. The second-order valence-electron chi connectivity index (χ2n) is 6.13. The van der Waals surface area contributed by atoms with Crippen LogP contribution in [0.4, 0.5) is 0 Å². The summed E-state index contributed by atoms with van der Waals surface area (Å²) in [4.78, 5) is 28.3. The molecule has 1 N–H and O–H groups in total. The van der Waals surface area contributed by atoms with E-state index in [1.165, 1.54) is 0 Å². The lowest BCUT2D eigenvalue weighted by Gasteiger charge is -2.38. The van der Waals surface area contributed by atoms with E-state index in [9.17, 15) is 9.59 Å². The average molecular weight is 281 g/mol. The van der Waals surface area contributed by atoms with E-state index in [2.05, 4.69) is 10.2 Å². The van der Waals surface area contributed by atoms with E-state index in [4.69, 9.17) is 0 Å². The van der Waals surface area contributed by atoms with Crippen molar-refractivity contribution in [2.45, 2.75) is 52.1 Å². The fourth-order valence-corrected chi connectivity index (χ4v) is 2.53. The molecule has 2 fully saturated rings. The van der Waals surface area contributed by atoms with Crippen molar-refractivity contribution in [3.8, 4) is 0 Å². The van der Waals surface area contributed by atoms with Gasteiger partial charge in [0, 0.05) is 38.1 Å². The van der Waals surface area contributed by atoms with Crippen molar-refractivity contribution in [1.29, 1.82) is 0 Å². The molecule has 114 valence electrons. The van der Waals surface area contributed by atoms with Gasteiger partial charge in [-0.15, -0.1) is 0 Å². The first kappa shape index (κ1) is 15.3. The second-order valence-corrected chi connectivity index (χ2v) is 6.13. The number of amides is 2. The maximum atomic E-state index is 12.1. The fraction of sp³-hybridized carbons (Fsp3) is 0.867. The Hall–Kier alpha value is -1.10. The van der Waals surface area contributed by atoms with E-state index < -0.39 is 0 Å². The lowest BCUT2D eigenvalue weighted by Crippen LogP contribution is -2.55. The van der Waals surface area contributed by atoms with Gasteiger partial charge >= 0.3 is 0 Å². The highest BCUT2D eigenvalue weighted by Crippen LogP contribution is 2.19. The number of hydrogen-bond acceptors (Lipinski definition) is 3. The Bertz CT molecular complexity index is 360. The number of carbonyl (C=O) groups excluding carboxylic acids is 2. The van der Waals surface area contributed by atoms with Crippen LogP contribution in [0.1, 0.15) is 40.0 Å². The third-order valence-corrected chi connectivity index (χ3v) is 4.51. The standard InChI is InChI=1S/C15H27N3O2/c1-4-11(2)15(20)18-9-7-17(8-10-18)12(3)14(19)16-13-5-6-13/h11-13H,4-10H2,1-3H3,(H,16,19). The first-order valence-electron chi connectivity index (χ1n) is 7.86. The van der Waals surface area contributed by atoms with Gasteiger partial charge in [0.15, 0.2) is 0 Å². The molecule has 2 atom stereocenters. The number of carbonyl (C=O) groups is 2. The van der Waals surface area contributed by atoms with Gasteiger partial charge in [-0.1, -0.05) is 13.8 Å². The van der Waals surface area contributed by atoms with Crippen LogP contribution in [-0.4, -0.2) is 59.9 Å². The van der Waals surface area contributed by atoms with Crippen LogP contribution < -0.4 is 5.32 Å². The minimum absolute atomic E-state index is 0.0866. The highest BCUT2D eigenvalue weighted by molar-refractivity contribution is 5.82. The van der Waals surface area contributed by atoms with E-state index in [1.54, 1.807) is 0 Å². The number of nitrogens with zero attached hydrogens (tertiary/aromatic N) is 2. The van der Waals surface area contributed by atoms with Gasteiger partial charge in [0.1, 0.15) is 0 Å². The third kappa shape index (κ3) is 3.72. The molecular weight excluding hydrogens is 254 g/mol. The van der Waals surface area contributed by atoms with Crippen molar-refractivity contribution in [2.24, 2.45) is 5.92 Å². The molecule has 1 aliphatic carbocycles. The number of rotatable bonds is 5. The second kappa shape index (κ2) is 6.57. The molecule has 20 heavy (non-hydrogen) atoms. The van der Waals surface area contributed by atoms with Gasteiger partial charge in [0.2, 0.25) is 11.8 Å². The molecule has 0 aromatic heterocycles. The van der Waals surface area contributed by atoms with Crippen LogP contribution in [0, 0.1) is 5.92 Å². The Kier molecular flexibility index (Phi) is 5.02. The van der Waals surface area contributed by atoms with E-state index in [-0.39, 0.29) is 23.8 Å². The molecule has 0 aromatic rings. The Morgan fingerprint density at radius 1 is 1.15 bits per heavy atom. The number of piperazine rings is 1. The first-order valence-corrected chi connectivity index (χ1v) is 7.86. The number of hydrogen-bond donors (Lipinski definition) is 1. The first-order chi connectivity index (χ1) is 9.52. The molecule has 0 spiro atoms. The van der Waals surface area contributed by atoms with Crippen molar-refractivity contribution >= 4 is 11.8 Å². The maximum Gasteiger partial charge on any atom is 0.237 e. The molecule has 2 rings (SSSR count). The molecule has 2 unspecified atom stereocenters. The Morgan fingerprint density at radius 2 is 1.75 bits per heavy atom. The SMILES string of the molecule is CCC(C)C(=O)N1CCN(C(C)C(=O)NC2CC2)CC1.